The number of aliphatic carboxylic acids is 1. The molecule has 0 bridgehead atoms. The predicted molar refractivity (Wildman–Crippen MR) is 71.3 cm³/mol. The molecule has 0 aromatic heterocycles. The molecule has 6 heteroatoms. The zero-order valence-electron chi connectivity index (χ0n) is 12.2. The van der Waals surface area contributed by atoms with Crippen molar-refractivity contribution < 1.29 is 24.5 Å². The number of hydrogen-bond acceptors (Lipinski definition) is 4. The largest absolute Gasteiger partial charge is 0.479 e. The van der Waals surface area contributed by atoms with Crippen molar-refractivity contribution in [2.24, 2.45) is 5.41 Å². The van der Waals surface area contributed by atoms with Crippen LogP contribution in [-0.4, -0.2) is 39.5 Å². The Bertz CT molecular complexity index is 418. The smallest absolute Gasteiger partial charge is 0.408 e. The maximum Gasteiger partial charge on any atom is 0.408 e. The van der Waals surface area contributed by atoms with Gasteiger partial charge in [0.2, 0.25) is 0 Å². The minimum atomic E-state index is -1.43. The molecule has 2 saturated carbocycles. The summed E-state index contributed by atoms with van der Waals surface area (Å²) >= 11 is 0. The van der Waals surface area contributed by atoms with Gasteiger partial charge in [-0.15, -0.1) is 0 Å². The van der Waals surface area contributed by atoms with E-state index >= 15 is 0 Å². The lowest BCUT2D eigenvalue weighted by molar-refractivity contribution is -0.155. The van der Waals surface area contributed by atoms with Crippen LogP contribution in [0.5, 0.6) is 0 Å². The van der Waals surface area contributed by atoms with Crippen molar-refractivity contribution in [2.75, 3.05) is 0 Å². The van der Waals surface area contributed by atoms with Crippen LogP contribution < -0.4 is 5.32 Å². The number of carboxylic acids is 1. The Kier molecular flexibility index (Phi) is 3.48. The molecule has 0 spiro atoms. The summed E-state index contributed by atoms with van der Waals surface area (Å²) in [6, 6.07) is 0. The van der Waals surface area contributed by atoms with Crippen molar-refractivity contribution in [3.8, 4) is 0 Å². The van der Waals surface area contributed by atoms with Crippen LogP contribution in [0.15, 0.2) is 0 Å². The fraction of sp³-hybridized carbons (Fsp3) is 0.857. The first kappa shape index (κ1) is 15.1. The molecule has 1 unspecified atom stereocenters. The average molecular weight is 285 g/mol. The van der Waals surface area contributed by atoms with E-state index < -0.39 is 34.7 Å². The Morgan fingerprint density at radius 1 is 1.20 bits per heavy atom. The minimum absolute atomic E-state index is 0.541. The summed E-state index contributed by atoms with van der Waals surface area (Å²) in [7, 11) is 0. The Labute approximate surface area is 118 Å². The molecule has 2 aliphatic carbocycles. The molecule has 6 nitrogen and oxygen atoms in total. The molecular weight excluding hydrogens is 262 g/mol. The first-order chi connectivity index (χ1) is 9.12. The maximum atomic E-state index is 12.0. The van der Waals surface area contributed by atoms with Crippen LogP contribution in [0.3, 0.4) is 0 Å². The topological polar surface area (TPSA) is 95.9 Å². The summed E-state index contributed by atoms with van der Waals surface area (Å²) in [6.45, 7) is 5.33. The molecule has 0 aliphatic heterocycles. The monoisotopic (exact) mass is 285 g/mol. The van der Waals surface area contributed by atoms with Gasteiger partial charge in [0.05, 0.1) is 5.54 Å². The zero-order valence-corrected chi connectivity index (χ0v) is 12.2. The van der Waals surface area contributed by atoms with Crippen LogP contribution in [-0.2, 0) is 9.53 Å². The van der Waals surface area contributed by atoms with Crippen LogP contribution in [0.4, 0.5) is 4.79 Å². The Hall–Kier alpha value is -1.30. The van der Waals surface area contributed by atoms with Crippen molar-refractivity contribution in [3.05, 3.63) is 0 Å². The van der Waals surface area contributed by atoms with Crippen LogP contribution in [0.1, 0.15) is 52.9 Å². The highest BCUT2D eigenvalue weighted by molar-refractivity contribution is 5.75. The maximum absolute atomic E-state index is 12.0. The van der Waals surface area contributed by atoms with Gasteiger partial charge in [0, 0.05) is 5.41 Å². The van der Waals surface area contributed by atoms with Gasteiger partial charge < -0.3 is 20.3 Å². The Balaban J connectivity index is 2.11. The molecule has 0 aromatic rings. The number of aliphatic hydroxyl groups is 1. The van der Waals surface area contributed by atoms with Gasteiger partial charge in [0.1, 0.15) is 5.60 Å². The highest BCUT2D eigenvalue weighted by Gasteiger charge is 2.67. The summed E-state index contributed by atoms with van der Waals surface area (Å²) in [5.74, 6) is -1.22. The fourth-order valence-electron chi connectivity index (χ4n) is 3.16. The number of rotatable bonds is 4. The molecular formula is C14H23NO5. The van der Waals surface area contributed by atoms with Crippen LogP contribution in [0.2, 0.25) is 0 Å². The summed E-state index contributed by atoms with van der Waals surface area (Å²) < 4.78 is 5.25. The molecule has 0 heterocycles. The third kappa shape index (κ3) is 2.49. The third-order valence-electron chi connectivity index (χ3n) is 4.45. The molecule has 0 saturated heterocycles. The lowest BCUT2D eigenvalue weighted by Crippen LogP contribution is -2.64. The summed E-state index contributed by atoms with van der Waals surface area (Å²) in [5, 5.41) is 21.9. The van der Waals surface area contributed by atoms with Gasteiger partial charge in [-0.2, -0.15) is 0 Å². The van der Waals surface area contributed by atoms with E-state index in [1.54, 1.807) is 20.8 Å². The zero-order chi connectivity index (χ0) is 15.2. The number of carbonyl (C=O) groups excluding carboxylic acids is 1. The highest BCUT2D eigenvalue weighted by Crippen LogP contribution is 2.63. The van der Waals surface area contributed by atoms with E-state index in [1.807, 2.05) is 0 Å². The molecule has 0 radical (unpaired) electrons. The van der Waals surface area contributed by atoms with Crippen molar-refractivity contribution in [1.29, 1.82) is 0 Å². The van der Waals surface area contributed by atoms with Crippen LogP contribution in [0, 0.1) is 5.41 Å². The number of ether oxygens (including phenoxy) is 1. The van der Waals surface area contributed by atoms with Gasteiger partial charge >= 0.3 is 12.1 Å². The van der Waals surface area contributed by atoms with Gasteiger partial charge in [-0.05, 0) is 52.9 Å². The van der Waals surface area contributed by atoms with Crippen LogP contribution >= 0.6 is 0 Å². The molecule has 2 rings (SSSR count). The molecule has 1 amide bonds. The Morgan fingerprint density at radius 3 is 2.05 bits per heavy atom. The van der Waals surface area contributed by atoms with E-state index in [9.17, 15) is 14.7 Å². The average Bonchev–Trinajstić information content (AvgIpc) is 3.01. The number of amides is 1. The van der Waals surface area contributed by atoms with E-state index in [0.29, 0.717) is 25.7 Å². The SMILES string of the molecule is CC(C)(C)OC(=O)NC1(C2(C(O)C(=O)O)CC2)CCC1. The highest BCUT2D eigenvalue weighted by atomic mass is 16.6. The van der Waals surface area contributed by atoms with Crippen molar-refractivity contribution in [3.63, 3.8) is 0 Å². The summed E-state index contributed by atoms with van der Waals surface area (Å²) in [5.41, 5.74) is -1.96. The van der Waals surface area contributed by atoms with Crippen molar-refractivity contribution in [2.45, 2.75) is 70.1 Å². The first-order valence-corrected chi connectivity index (χ1v) is 7.04. The molecule has 20 heavy (non-hydrogen) atoms. The quantitative estimate of drug-likeness (QED) is 0.730. The van der Waals surface area contributed by atoms with E-state index in [4.69, 9.17) is 9.84 Å². The molecule has 1 atom stereocenters. The van der Waals surface area contributed by atoms with E-state index in [-0.39, 0.29) is 0 Å². The summed E-state index contributed by atoms with van der Waals surface area (Å²) in [6.07, 6.45) is 1.57. The third-order valence-corrected chi connectivity index (χ3v) is 4.45. The van der Waals surface area contributed by atoms with Gasteiger partial charge in [0.25, 0.3) is 0 Å². The van der Waals surface area contributed by atoms with Crippen molar-refractivity contribution >= 4 is 12.1 Å². The molecule has 2 fully saturated rings. The number of nitrogens with one attached hydrogen (secondary N) is 1. The lowest BCUT2D eigenvalue weighted by Gasteiger charge is -2.49. The lowest BCUT2D eigenvalue weighted by atomic mass is 9.63. The van der Waals surface area contributed by atoms with Gasteiger partial charge in [-0.3, -0.25) is 0 Å². The van der Waals surface area contributed by atoms with E-state index in [1.165, 1.54) is 0 Å². The second-order valence-corrected chi connectivity index (χ2v) is 6.96. The summed E-state index contributed by atoms with van der Waals surface area (Å²) in [4.78, 5) is 23.1. The second kappa shape index (κ2) is 4.62. The van der Waals surface area contributed by atoms with Crippen LogP contribution in [0.25, 0.3) is 0 Å². The fourth-order valence-corrected chi connectivity index (χ4v) is 3.16. The normalized spacial score (nSPS) is 24.2. The standard InChI is InChI=1S/C14H23NO5/c1-12(2,3)20-11(19)15-14(5-4-6-14)13(7-8-13)9(16)10(17)18/h9,16H,4-8H2,1-3H3,(H,15,19)(H,17,18). The van der Waals surface area contributed by atoms with Gasteiger partial charge in [-0.1, -0.05) is 0 Å². The molecule has 2 aliphatic rings. The molecule has 114 valence electrons. The number of aliphatic hydroxyl groups excluding tert-OH is 1. The predicted octanol–water partition coefficient (Wildman–Crippen LogP) is 1.66. The van der Waals surface area contributed by atoms with E-state index in [2.05, 4.69) is 5.32 Å². The Morgan fingerprint density at radius 2 is 1.75 bits per heavy atom. The van der Waals surface area contributed by atoms with E-state index in [0.717, 1.165) is 6.42 Å². The van der Waals surface area contributed by atoms with Gasteiger partial charge in [-0.25, -0.2) is 9.59 Å². The number of carboxylic acid groups (broad SMARTS) is 1. The molecule has 0 aromatic carbocycles. The molecule has 3 N–H and O–H groups in total. The number of alkyl carbamates (subject to hydrolysis) is 1. The number of carbonyl (C=O) groups is 2. The number of hydrogen-bond donors (Lipinski definition) is 3. The van der Waals surface area contributed by atoms with Gasteiger partial charge in [0.15, 0.2) is 6.10 Å². The first-order valence-electron chi connectivity index (χ1n) is 7.04. The minimum Gasteiger partial charge on any atom is -0.479 e. The second-order valence-electron chi connectivity index (χ2n) is 6.96. The van der Waals surface area contributed by atoms with Crippen molar-refractivity contribution in [1.82, 2.24) is 5.32 Å².